The zero-order chi connectivity index (χ0) is 12.2. The summed E-state index contributed by atoms with van der Waals surface area (Å²) in [5, 5.41) is 12.4. The Morgan fingerprint density at radius 1 is 1.50 bits per heavy atom. The van der Waals surface area contributed by atoms with E-state index in [9.17, 15) is 0 Å². The molecule has 1 atom stereocenters. The van der Waals surface area contributed by atoms with Crippen LogP contribution >= 0.6 is 11.8 Å². The molecule has 4 nitrogen and oxygen atoms in total. The highest BCUT2D eigenvalue weighted by Gasteiger charge is 2.12. The van der Waals surface area contributed by atoms with Gasteiger partial charge in [-0.15, -0.1) is 10.2 Å². The SMILES string of the molecule is CC(CNC(C)(C)C)CSc1nncn1C. The molecule has 16 heavy (non-hydrogen) atoms. The average Bonchev–Trinajstić information content (AvgIpc) is 2.57. The van der Waals surface area contributed by atoms with Crippen molar-refractivity contribution < 1.29 is 0 Å². The van der Waals surface area contributed by atoms with Gasteiger partial charge in [0.1, 0.15) is 6.33 Å². The van der Waals surface area contributed by atoms with Gasteiger partial charge in [-0.05, 0) is 33.2 Å². The topological polar surface area (TPSA) is 42.7 Å². The molecule has 1 aromatic heterocycles. The Morgan fingerprint density at radius 3 is 2.69 bits per heavy atom. The summed E-state index contributed by atoms with van der Waals surface area (Å²) in [6.07, 6.45) is 1.74. The van der Waals surface area contributed by atoms with Crippen LogP contribution in [0.4, 0.5) is 0 Å². The number of aromatic nitrogens is 3. The molecule has 0 saturated carbocycles. The van der Waals surface area contributed by atoms with Gasteiger partial charge >= 0.3 is 0 Å². The lowest BCUT2D eigenvalue weighted by atomic mass is 10.1. The molecule has 0 bridgehead atoms. The molecular formula is C11H22N4S. The van der Waals surface area contributed by atoms with Gasteiger partial charge in [-0.25, -0.2) is 0 Å². The number of rotatable bonds is 5. The van der Waals surface area contributed by atoms with Gasteiger partial charge in [0.05, 0.1) is 0 Å². The molecule has 0 amide bonds. The van der Waals surface area contributed by atoms with Crippen LogP contribution in [-0.2, 0) is 7.05 Å². The first-order chi connectivity index (χ1) is 7.38. The molecular weight excluding hydrogens is 220 g/mol. The predicted octanol–water partition coefficient (Wildman–Crippen LogP) is 1.93. The summed E-state index contributed by atoms with van der Waals surface area (Å²) in [6.45, 7) is 9.86. The third-order valence-electron chi connectivity index (χ3n) is 2.15. The zero-order valence-electron chi connectivity index (χ0n) is 10.8. The second-order valence-corrected chi connectivity index (χ2v) is 6.26. The van der Waals surface area contributed by atoms with Crippen molar-refractivity contribution >= 4 is 11.8 Å². The lowest BCUT2D eigenvalue weighted by Gasteiger charge is -2.23. The van der Waals surface area contributed by atoms with E-state index in [2.05, 4.69) is 43.2 Å². The second-order valence-electron chi connectivity index (χ2n) is 5.27. The normalized spacial score (nSPS) is 14.1. The number of nitrogens with one attached hydrogen (secondary N) is 1. The molecule has 1 aromatic rings. The van der Waals surface area contributed by atoms with Crippen molar-refractivity contribution in [2.24, 2.45) is 13.0 Å². The fourth-order valence-corrected chi connectivity index (χ4v) is 2.07. The Morgan fingerprint density at radius 2 is 2.19 bits per heavy atom. The Bertz CT molecular complexity index is 316. The number of aryl methyl sites for hydroxylation is 1. The largest absolute Gasteiger partial charge is 0.312 e. The fraction of sp³-hybridized carbons (Fsp3) is 0.818. The minimum Gasteiger partial charge on any atom is -0.312 e. The highest BCUT2D eigenvalue weighted by atomic mass is 32.2. The van der Waals surface area contributed by atoms with Crippen LogP contribution in [0.5, 0.6) is 0 Å². The Balaban J connectivity index is 2.25. The molecule has 0 aliphatic carbocycles. The van der Waals surface area contributed by atoms with Gasteiger partial charge in [0, 0.05) is 18.3 Å². The van der Waals surface area contributed by atoms with Crippen LogP contribution in [0.25, 0.3) is 0 Å². The van der Waals surface area contributed by atoms with E-state index < -0.39 is 0 Å². The number of hydrogen-bond donors (Lipinski definition) is 1. The minimum atomic E-state index is 0.198. The summed E-state index contributed by atoms with van der Waals surface area (Å²) >= 11 is 1.76. The van der Waals surface area contributed by atoms with Gasteiger partial charge in [-0.1, -0.05) is 18.7 Å². The van der Waals surface area contributed by atoms with E-state index in [0.717, 1.165) is 17.5 Å². The predicted molar refractivity (Wildman–Crippen MR) is 68.6 cm³/mol. The van der Waals surface area contributed by atoms with E-state index >= 15 is 0 Å². The van der Waals surface area contributed by atoms with E-state index in [4.69, 9.17) is 0 Å². The summed E-state index contributed by atoms with van der Waals surface area (Å²) in [7, 11) is 1.97. The van der Waals surface area contributed by atoms with Crippen molar-refractivity contribution in [1.29, 1.82) is 0 Å². The maximum atomic E-state index is 4.05. The summed E-state index contributed by atoms with van der Waals surface area (Å²) in [5.41, 5.74) is 0.198. The quantitative estimate of drug-likeness (QED) is 0.801. The van der Waals surface area contributed by atoms with Crippen molar-refractivity contribution in [2.45, 2.75) is 38.4 Å². The van der Waals surface area contributed by atoms with Gasteiger partial charge in [-0.2, -0.15) is 0 Å². The van der Waals surface area contributed by atoms with E-state index in [1.54, 1.807) is 18.1 Å². The zero-order valence-corrected chi connectivity index (χ0v) is 11.6. The molecule has 0 aromatic carbocycles. The van der Waals surface area contributed by atoms with Gasteiger partial charge in [0.2, 0.25) is 0 Å². The third-order valence-corrected chi connectivity index (χ3v) is 3.51. The summed E-state index contributed by atoms with van der Waals surface area (Å²) < 4.78 is 1.95. The molecule has 0 aliphatic heterocycles. The molecule has 0 saturated heterocycles. The summed E-state index contributed by atoms with van der Waals surface area (Å²) in [6, 6.07) is 0. The molecule has 92 valence electrons. The minimum absolute atomic E-state index is 0.198. The fourth-order valence-electron chi connectivity index (χ4n) is 1.16. The van der Waals surface area contributed by atoms with Crippen LogP contribution in [0.1, 0.15) is 27.7 Å². The molecule has 0 aliphatic rings. The Hall–Kier alpha value is -0.550. The first-order valence-electron chi connectivity index (χ1n) is 5.60. The Labute approximate surface area is 102 Å². The Kier molecular flexibility index (Phi) is 4.80. The third kappa shape index (κ3) is 4.99. The van der Waals surface area contributed by atoms with Crippen molar-refractivity contribution in [3.05, 3.63) is 6.33 Å². The van der Waals surface area contributed by atoms with E-state index in [1.807, 2.05) is 11.6 Å². The van der Waals surface area contributed by atoms with Crippen molar-refractivity contribution in [3.63, 3.8) is 0 Å². The second kappa shape index (κ2) is 5.68. The summed E-state index contributed by atoms with van der Waals surface area (Å²) in [5.74, 6) is 1.69. The average molecular weight is 242 g/mol. The van der Waals surface area contributed by atoms with Gasteiger partial charge in [0.15, 0.2) is 5.16 Å². The van der Waals surface area contributed by atoms with Crippen LogP contribution < -0.4 is 5.32 Å². The molecule has 0 fully saturated rings. The van der Waals surface area contributed by atoms with Crippen molar-refractivity contribution in [3.8, 4) is 0 Å². The van der Waals surface area contributed by atoms with Crippen molar-refractivity contribution in [1.82, 2.24) is 20.1 Å². The van der Waals surface area contributed by atoms with E-state index in [1.165, 1.54) is 0 Å². The first kappa shape index (κ1) is 13.5. The number of nitrogens with zero attached hydrogens (tertiary/aromatic N) is 3. The highest BCUT2D eigenvalue weighted by Crippen LogP contribution is 2.17. The molecule has 1 N–H and O–H groups in total. The molecule has 0 spiro atoms. The molecule has 1 unspecified atom stereocenters. The van der Waals surface area contributed by atoms with Gasteiger partial charge < -0.3 is 9.88 Å². The lowest BCUT2D eigenvalue weighted by Crippen LogP contribution is -2.39. The monoisotopic (exact) mass is 242 g/mol. The van der Waals surface area contributed by atoms with E-state index in [0.29, 0.717) is 5.92 Å². The molecule has 5 heteroatoms. The van der Waals surface area contributed by atoms with Crippen molar-refractivity contribution in [2.75, 3.05) is 12.3 Å². The first-order valence-corrected chi connectivity index (χ1v) is 6.59. The van der Waals surface area contributed by atoms with Gasteiger partial charge in [-0.3, -0.25) is 0 Å². The van der Waals surface area contributed by atoms with Crippen LogP contribution in [0.15, 0.2) is 11.5 Å². The highest BCUT2D eigenvalue weighted by molar-refractivity contribution is 7.99. The number of hydrogen-bond acceptors (Lipinski definition) is 4. The molecule has 1 rings (SSSR count). The van der Waals surface area contributed by atoms with Crippen LogP contribution in [0, 0.1) is 5.92 Å². The number of thioether (sulfide) groups is 1. The van der Waals surface area contributed by atoms with Crippen LogP contribution in [0.3, 0.4) is 0 Å². The van der Waals surface area contributed by atoms with Gasteiger partial charge in [0.25, 0.3) is 0 Å². The molecule has 0 radical (unpaired) electrons. The maximum Gasteiger partial charge on any atom is 0.190 e. The smallest absolute Gasteiger partial charge is 0.190 e. The van der Waals surface area contributed by atoms with Crippen LogP contribution in [-0.4, -0.2) is 32.6 Å². The molecule has 1 heterocycles. The van der Waals surface area contributed by atoms with Crippen LogP contribution in [0.2, 0.25) is 0 Å². The maximum absolute atomic E-state index is 4.05. The standard InChI is InChI=1S/C11H22N4S/c1-9(6-12-11(2,3)4)7-16-10-14-13-8-15(10)5/h8-9,12H,6-7H2,1-5H3. The van der Waals surface area contributed by atoms with E-state index in [-0.39, 0.29) is 5.54 Å². The lowest BCUT2D eigenvalue weighted by molar-refractivity contribution is 0.395. The summed E-state index contributed by atoms with van der Waals surface area (Å²) in [4.78, 5) is 0.